The first-order chi connectivity index (χ1) is 9.53. The van der Waals surface area contributed by atoms with Gasteiger partial charge in [0.05, 0.1) is 4.90 Å². The molecule has 3 N–H and O–H groups in total. The van der Waals surface area contributed by atoms with Crippen molar-refractivity contribution in [2.24, 2.45) is 5.73 Å². The Morgan fingerprint density at radius 2 is 1.75 bits per heavy atom. The van der Waals surface area contributed by atoms with Gasteiger partial charge < -0.3 is 5.73 Å². The molecule has 0 aliphatic carbocycles. The summed E-state index contributed by atoms with van der Waals surface area (Å²) in [5, 5.41) is 0. The van der Waals surface area contributed by atoms with Crippen LogP contribution in [0.4, 0.5) is 0 Å². The average molecular weight is 290 g/mol. The molecular formula is C15H18N2O2S. The molecule has 0 bridgehead atoms. The quantitative estimate of drug-likeness (QED) is 0.884. The Kier molecular flexibility index (Phi) is 4.54. The first-order valence-electron chi connectivity index (χ1n) is 6.36. The lowest BCUT2D eigenvalue weighted by atomic mass is 10.1. The second kappa shape index (κ2) is 6.17. The normalized spacial score (nSPS) is 11.5. The molecule has 2 rings (SSSR count). The number of aryl methyl sites for hydroxylation is 1. The van der Waals surface area contributed by atoms with Crippen LogP contribution in [-0.4, -0.2) is 8.42 Å². The minimum atomic E-state index is -3.50. The van der Waals surface area contributed by atoms with Crippen LogP contribution in [0.5, 0.6) is 0 Å². The third-order valence-corrected chi connectivity index (χ3v) is 4.49. The van der Waals surface area contributed by atoms with Gasteiger partial charge in [0.1, 0.15) is 0 Å². The van der Waals surface area contributed by atoms with Crippen molar-refractivity contribution in [2.75, 3.05) is 0 Å². The number of nitrogens with one attached hydrogen (secondary N) is 1. The number of rotatable bonds is 5. The molecule has 0 aromatic heterocycles. The van der Waals surface area contributed by atoms with Crippen molar-refractivity contribution in [2.45, 2.75) is 24.9 Å². The van der Waals surface area contributed by atoms with Gasteiger partial charge in [0.15, 0.2) is 0 Å². The summed E-state index contributed by atoms with van der Waals surface area (Å²) in [6.45, 7) is 2.49. The van der Waals surface area contributed by atoms with Crippen molar-refractivity contribution in [3.8, 4) is 0 Å². The maximum Gasteiger partial charge on any atom is 0.240 e. The van der Waals surface area contributed by atoms with E-state index in [1.54, 1.807) is 18.2 Å². The molecule has 0 aliphatic rings. The largest absolute Gasteiger partial charge is 0.326 e. The van der Waals surface area contributed by atoms with E-state index in [0.29, 0.717) is 6.54 Å². The second-order valence-corrected chi connectivity index (χ2v) is 6.38. The summed E-state index contributed by atoms with van der Waals surface area (Å²) in [6.07, 6.45) is 0. The van der Waals surface area contributed by atoms with Crippen LogP contribution in [-0.2, 0) is 23.1 Å². The standard InChI is InChI=1S/C15H18N2O2S/c1-12-5-4-8-15(9-12)20(18,19)17-11-14-7-3-2-6-13(14)10-16/h2-9,17H,10-11,16H2,1H3. The van der Waals surface area contributed by atoms with Crippen LogP contribution in [0.25, 0.3) is 0 Å². The van der Waals surface area contributed by atoms with Gasteiger partial charge in [-0.05, 0) is 35.7 Å². The average Bonchev–Trinajstić information content (AvgIpc) is 2.45. The summed E-state index contributed by atoms with van der Waals surface area (Å²) in [5.74, 6) is 0. The molecule has 0 saturated heterocycles. The Morgan fingerprint density at radius 3 is 2.40 bits per heavy atom. The van der Waals surface area contributed by atoms with E-state index >= 15 is 0 Å². The Bertz CT molecular complexity index is 697. The van der Waals surface area contributed by atoms with Gasteiger partial charge in [0.2, 0.25) is 10.0 Å². The molecule has 5 heteroatoms. The number of sulfonamides is 1. The number of hydrogen-bond acceptors (Lipinski definition) is 3. The van der Waals surface area contributed by atoms with Crippen molar-refractivity contribution in [1.29, 1.82) is 0 Å². The smallest absolute Gasteiger partial charge is 0.240 e. The molecule has 0 heterocycles. The Morgan fingerprint density at radius 1 is 1.05 bits per heavy atom. The van der Waals surface area contributed by atoms with Crippen molar-refractivity contribution in [3.05, 3.63) is 65.2 Å². The van der Waals surface area contributed by atoms with Gasteiger partial charge in [-0.1, -0.05) is 36.4 Å². The van der Waals surface area contributed by atoms with Gasteiger partial charge in [-0.25, -0.2) is 13.1 Å². The van der Waals surface area contributed by atoms with E-state index < -0.39 is 10.0 Å². The molecular weight excluding hydrogens is 272 g/mol. The SMILES string of the molecule is Cc1cccc(S(=O)(=O)NCc2ccccc2CN)c1. The third-order valence-electron chi connectivity index (χ3n) is 3.09. The van der Waals surface area contributed by atoms with E-state index in [2.05, 4.69) is 4.72 Å². The van der Waals surface area contributed by atoms with Crippen molar-refractivity contribution < 1.29 is 8.42 Å². The third kappa shape index (κ3) is 3.45. The van der Waals surface area contributed by atoms with Crippen LogP contribution in [0.15, 0.2) is 53.4 Å². The van der Waals surface area contributed by atoms with Gasteiger partial charge in [-0.15, -0.1) is 0 Å². The van der Waals surface area contributed by atoms with Crippen molar-refractivity contribution in [1.82, 2.24) is 4.72 Å². The van der Waals surface area contributed by atoms with Gasteiger partial charge in [-0.3, -0.25) is 0 Å². The fourth-order valence-corrected chi connectivity index (χ4v) is 3.08. The summed E-state index contributed by atoms with van der Waals surface area (Å²) >= 11 is 0. The summed E-state index contributed by atoms with van der Waals surface area (Å²) in [7, 11) is -3.50. The zero-order valence-electron chi connectivity index (χ0n) is 11.3. The van der Waals surface area contributed by atoms with Crippen LogP contribution in [0.3, 0.4) is 0 Å². The van der Waals surface area contributed by atoms with Crippen molar-refractivity contribution in [3.63, 3.8) is 0 Å². The predicted molar refractivity (Wildman–Crippen MR) is 79.5 cm³/mol. The van der Waals surface area contributed by atoms with Gasteiger partial charge >= 0.3 is 0 Å². The predicted octanol–water partition coefficient (Wildman–Crippen LogP) is 1.93. The molecule has 0 aliphatic heterocycles. The summed E-state index contributed by atoms with van der Waals surface area (Å²) in [6, 6.07) is 14.4. The Balaban J connectivity index is 2.17. The molecule has 0 unspecified atom stereocenters. The van der Waals surface area contributed by atoms with Gasteiger partial charge in [-0.2, -0.15) is 0 Å². The lowest BCUT2D eigenvalue weighted by Crippen LogP contribution is -2.24. The molecule has 2 aromatic carbocycles. The van der Waals surface area contributed by atoms with Crippen LogP contribution in [0.1, 0.15) is 16.7 Å². The molecule has 2 aromatic rings. The van der Waals surface area contributed by atoms with E-state index in [1.165, 1.54) is 0 Å². The summed E-state index contributed by atoms with van der Waals surface area (Å²) < 4.78 is 27.0. The lowest BCUT2D eigenvalue weighted by molar-refractivity contribution is 0.581. The van der Waals surface area contributed by atoms with E-state index in [4.69, 9.17) is 5.73 Å². The monoisotopic (exact) mass is 290 g/mol. The molecule has 0 spiro atoms. The first kappa shape index (κ1) is 14.7. The molecule has 106 valence electrons. The summed E-state index contributed by atoms with van der Waals surface area (Å²) in [5.41, 5.74) is 8.39. The highest BCUT2D eigenvalue weighted by Gasteiger charge is 2.14. The lowest BCUT2D eigenvalue weighted by Gasteiger charge is -2.10. The van der Waals surface area contributed by atoms with Crippen LogP contribution < -0.4 is 10.5 Å². The van der Waals surface area contributed by atoms with Gasteiger partial charge in [0.25, 0.3) is 0 Å². The van der Waals surface area contributed by atoms with E-state index in [9.17, 15) is 8.42 Å². The van der Waals surface area contributed by atoms with Crippen LogP contribution in [0, 0.1) is 6.92 Å². The summed E-state index contributed by atoms with van der Waals surface area (Å²) in [4.78, 5) is 0.280. The molecule has 0 radical (unpaired) electrons. The minimum absolute atomic E-state index is 0.240. The first-order valence-corrected chi connectivity index (χ1v) is 7.84. The molecule has 4 nitrogen and oxygen atoms in total. The van der Waals surface area contributed by atoms with Crippen LogP contribution in [0.2, 0.25) is 0 Å². The highest BCUT2D eigenvalue weighted by Crippen LogP contribution is 2.13. The maximum atomic E-state index is 12.2. The molecule has 0 amide bonds. The molecule has 20 heavy (non-hydrogen) atoms. The minimum Gasteiger partial charge on any atom is -0.326 e. The van der Waals surface area contributed by atoms with Crippen LogP contribution >= 0.6 is 0 Å². The zero-order valence-corrected chi connectivity index (χ0v) is 12.2. The van der Waals surface area contributed by atoms with E-state index in [0.717, 1.165) is 16.7 Å². The molecule has 0 atom stereocenters. The molecule has 0 fully saturated rings. The number of hydrogen-bond donors (Lipinski definition) is 2. The van der Waals surface area contributed by atoms with E-state index in [-0.39, 0.29) is 11.4 Å². The number of benzene rings is 2. The molecule has 0 saturated carbocycles. The zero-order chi connectivity index (χ0) is 14.6. The highest BCUT2D eigenvalue weighted by atomic mass is 32.2. The second-order valence-electron chi connectivity index (χ2n) is 4.61. The van der Waals surface area contributed by atoms with Gasteiger partial charge in [0, 0.05) is 13.1 Å². The topological polar surface area (TPSA) is 72.2 Å². The highest BCUT2D eigenvalue weighted by molar-refractivity contribution is 7.89. The Hall–Kier alpha value is -1.69. The fourth-order valence-electron chi connectivity index (χ4n) is 1.97. The van der Waals surface area contributed by atoms with E-state index in [1.807, 2.05) is 37.3 Å². The van der Waals surface area contributed by atoms with Crippen molar-refractivity contribution >= 4 is 10.0 Å². The Labute approximate surface area is 119 Å². The fraction of sp³-hybridized carbons (Fsp3) is 0.200. The number of nitrogens with two attached hydrogens (primary N) is 1. The maximum absolute atomic E-state index is 12.2.